The molecular weight excluding hydrogens is 332 g/mol. The number of amides is 2. The van der Waals surface area contributed by atoms with Crippen molar-refractivity contribution in [3.63, 3.8) is 0 Å². The van der Waals surface area contributed by atoms with E-state index in [1.807, 2.05) is 32.0 Å². The number of anilines is 2. The van der Waals surface area contributed by atoms with Crippen molar-refractivity contribution < 1.29 is 14.4 Å². The Labute approximate surface area is 151 Å². The number of oxime groups is 1. The molecule has 0 unspecified atom stereocenters. The quantitative estimate of drug-likeness (QED) is 0.617. The molecule has 0 aromatic heterocycles. The molecule has 0 atom stereocenters. The maximum Gasteiger partial charge on any atom is 0.270 e. The molecule has 2 aromatic rings. The fraction of sp³-hybridized carbons (Fsp3) is 0.158. The van der Waals surface area contributed by atoms with Crippen molar-refractivity contribution >= 4 is 29.4 Å². The topological polar surface area (TPSA) is 104 Å². The van der Waals surface area contributed by atoms with Gasteiger partial charge in [0.25, 0.3) is 11.8 Å². The Morgan fingerprint density at radius 2 is 2.00 bits per heavy atom. The molecule has 0 aliphatic carbocycles. The first-order chi connectivity index (χ1) is 12.5. The zero-order valence-electron chi connectivity index (χ0n) is 14.4. The van der Waals surface area contributed by atoms with Crippen LogP contribution in [0.2, 0.25) is 0 Å². The molecule has 2 rings (SSSR count). The summed E-state index contributed by atoms with van der Waals surface area (Å²) in [5.41, 5.74) is 3.64. The lowest BCUT2D eigenvalue weighted by Crippen LogP contribution is -2.18. The third kappa shape index (κ3) is 5.76. The highest BCUT2D eigenvalue weighted by molar-refractivity contribution is 6.31. The summed E-state index contributed by atoms with van der Waals surface area (Å²) in [7, 11) is 0. The molecule has 0 bridgehead atoms. The smallest absolute Gasteiger partial charge is 0.270 e. The van der Waals surface area contributed by atoms with Crippen LogP contribution in [0.15, 0.2) is 47.6 Å². The predicted molar refractivity (Wildman–Crippen MR) is 98.8 cm³/mol. The van der Waals surface area contributed by atoms with Crippen LogP contribution in [0.25, 0.3) is 0 Å². The number of hydrogen-bond acceptors (Lipinski definition) is 5. The van der Waals surface area contributed by atoms with E-state index in [2.05, 4.69) is 15.8 Å². The van der Waals surface area contributed by atoms with Crippen molar-refractivity contribution in [2.45, 2.75) is 13.8 Å². The minimum absolute atomic E-state index is 0.357. The van der Waals surface area contributed by atoms with Crippen LogP contribution in [0.4, 0.5) is 11.4 Å². The molecule has 132 valence electrons. The van der Waals surface area contributed by atoms with Gasteiger partial charge >= 0.3 is 0 Å². The Bertz CT molecular complexity index is 885. The number of rotatable bonds is 6. The Balaban J connectivity index is 1.78. The Hall–Kier alpha value is -3.66. The van der Waals surface area contributed by atoms with E-state index in [4.69, 9.17) is 10.1 Å². The van der Waals surface area contributed by atoms with Gasteiger partial charge in [0, 0.05) is 11.4 Å². The lowest BCUT2D eigenvalue weighted by Gasteiger charge is -2.06. The molecule has 0 saturated heterocycles. The summed E-state index contributed by atoms with van der Waals surface area (Å²) >= 11 is 0. The zero-order chi connectivity index (χ0) is 18.9. The van der Waals surface area contributed by atoms with Crippen LogP contribution in [0.5, 0.6) is 0 Å². The van der Waals surface area contributed by atoms with Gasteiger partial charge < -0.3 is 15.5 Å². The van der Waals surface area contributed by atoms with E-state index >= 15 is 0 Å². The molecule has 2 N–H and O–H groups in total. The first kappa shape index (κ1) is 18.7. The maximum atomic E-state index is 11.8. The largest absolute Gasteiger partial charge is 0.385 e. The normalized spacial score (nSPS) is 10.2. The Morgan fingerprint density at radius 1 is 1.19 bits per heavy atom. The molecule has 0 heterocycles. The number of benzene rings is 2. The van der Waals surface area contributed by atoms with E-state index in [1.54, 1.807) is 30.3 Å². The monoisotopic (exact) mass is 350 g/mol. The summed E-state index contributed by atoms with van der Waals surface area (Å²) < 4.78 is 0. The van der Waals surface area contributed by atoms with Crippen LogP contribution < -0.4 is 10.6 Å². The van der Waals surface area contributed by atoms with Gasteiger partial charge in [0.15, 0.2) is 6.61 Å². The lowest BCUT2D eigenvalue weighted by molar-refractivity contribution is -0.120. The predicted octanol–water partition coefficient (Wildman–Crippen LogP) is 2.75. The van der Waals surface area contributed by atoms with Crippen molar-refractivity contribution in [2.24, 2.45) is 5.16 Å². The van der Waals surface area contributed by atoms with E-state index in [1.165, 1.54) is 0 Å². The molecule has 0 spiro atoms. The molecule has 7 nitrogen and oxygen atoms in total. The van der Waals surface area contributed by atoms with Gasteiger partial charge in [0.05, 0.1) is 11.6 Å². The summed E-state index contributed by atoms with van der Waals surface area (Å²) in [5.74, 6) is -0.911. The number of nitrogens with one attached hydrogen (secondary N) is 2. The summed E-state index contributed by atoms with van der Waals surface area (Å²) in [6.45, 7) is 3.50. The number of nitrogens with zero attached hydrogens (tertiary/aromatic N) is 2. The Morgan fingerprint density at radius 3 is 2.73 bits per heavy atom. The average Bonchev–Trinajstić information content (AvgIpc) is 2.61. The number of carbonyl (C=O) groups is 2. The molecule has 0 radical (unpaired) electrons. The van der Waals surface area contributed by atoms with E-state index in [0.717, 1.165) is 17.3 Å². The second-order valence-corrected chi connectivity index (χ2v) is 5.56. The van der Waals surface area contributed by atoms with Crippen molar-refractivity contribution in [3.8, 4) is 6.07 Å². The van der Waals surface area contributed by atoms with Crippen molar-refractivity contribution in [1.82, 2.24) is 0 Å². The van der Waals surface area contributed by atoms with Gasteiger partial charge in [-0.05, 0) is 43.7 Å². The molecular formula is C19H18N4O3. The molecule has 0 aliphatic rings. The number of hydrogen-bond donors (Lipinski definition) is 2. The molecule has 2 aromatic carbocycles. The second kappa shape index (κ2) is 8.99. The van der Waals surface area contributed by atoms with Crippen LogP contribution in [-0.2, 0) is 14.4 Å². The van der Waals surface area contributed by atoms with Crippen LogP contribution in [-0.4, -0.2) is 24.6 Å². The minimum Gasteiger partial charge on any atom is -0.385 e. The summed E-state index contributed by atoms with van der Waals surface area (Å²) in [6.07, 6.45) is 0.961. The van der Waals surface area contributed by atoms with Gasteiger partial charge in [0.1, 0.15) is 6.21 Å². The SMILES string of the molecule is Cc1ccc(NC(=O)/C=N\OCC(=O)Nc2cccc(C#N)c2)c(C)c1. The third-order valence-corrected chi connectivity index (χ3v) is 3.36. The molecule has 7 heteroatoms. The van der Waals surface area contributed by atoms with Crippen molar-refractivity contribution in [3.05, 3.63) is 59.2 Å². The highest BCUT2D eigenvalue weighted by Gasteiger charge is 2.05. The third-order valence-electron chi connectivity index (χ3n) is 3.36. The van der Waals surface area contributed by atoms with E-state index in [9.17, 15) is 9.59 Å². The first-order valence-corrected chi connectivity index (χ1v) is 7.81. The maximum absolute atomic E-state index is 11.8. The lowest BCUT2D eigenvalue weighted by atomic mass is 10.1. The van der Waals surface area contributed by atoms with Gasteiger partial charge in [-0.3, -0.25) is 9.59 Å². The van der Waals surface area contributed by atoms with Gasteiger partial charge in [-0.25, -0.2) is 0 Å². The van der Waals surface area contributed by atoms with E-state index in [0.29, 0.717) is 16.9 Å². The molecule has 0 saturated carbocycles. The van der Waals surface area contributed by atoms with Crippen LogP contribution >= 0.6 is 0 Å². The highest BCUT2D eigenvalue weighted by atomic mass is 16.6. The summed E-state index contributed by atoms with van der Waals surface area (Å²) in [4.78, 5) is 28.3. The van der Waals surface area contributed by atoms with Gasteiger partial charge in [-0.1, -0.05) is 28.9 Å². The standard InChI is InChI=1S/C19H18N4O3/c1-13-6-7-17(14(2)8-13)23-18(24)11-21-26-12-19(25)22-16-5-3-4-15(9-16)10-20/h3-9,11H,12H2,1-2H3,(H,22,25)(H,23,24)/b21-11-. The van der Waals surface area contributed by atoms with E-state index in [-0.39, 0.29) is 6.61 Å². The van der Waals surface area contributed by atoms with Crippen molar-refractivity contribution in [1.29, 1.82) is 5.26 Å². The summed E-state index contributed by atoms with van der Waals surface area (Å²) in [5, 5.41) is 17.5. The highest BCUT2D eigenvalue weighted by Crippen LogP contribution is 2.15. The second-order valence-electron chi connectivity index (χ2n) is 5.56. The van der Waals surface area contributed by atoms with Crippen LogP contribution in [0, 0.1) is 25.2 Å². The number of nitriles is 1. The fourth-order valence-corrected chi connectivity index (χ4v) is 2.16. The van der Waals surface area contributed by atoms with E-state index < -0.39 is 11.8 Å². The fourth-order valence-electron chi connectivity index (χ4n) is 2.16. The molecule has 2 amide bonds. The Kier molecular flexibility index (Phi) is 6.46. The molecule has 0 aliphatic heterocycles. The van der Waals surface area contributed by atoms with Gasteiger partial charge in [-0.2, -0.15) is 5.26 Å². The average molecular weight is 350 g/mol. The van der Waals surface area contributed by atoms with Crippen LogP contribution in [0.3, 0.4) is 0 Å². The first-order valence-electron chi connectivity index (χ1n) is 7.81. The van der Waals surface area contributed by atoms with Crippen LogP contribution in [0.1, 0.15) is 16.7 Å². The van der Waals surface area contributed by atoms with Gasteiger partial charge in [-0.15, -0.1) is 0 Å². The summed E-state index contributed by atoms with van der Waals surface area (Å²) in [6, 6.07) is 14.1. The molecule has 0 fully saturated rings. The minimum atomic E-state index is -0.459. The molecule has 26 heavy (non-hydrogen) atoms. The van der Waals surface area contributed by atoms with Gasteiger partial charge in [0.2, 0.25) is 0 Å². The van der Waals surface area contributed by atoms with Crippen molar-refractivity contribution in [2.75, 3.05) is 17.2 Å². The zero-order valence-corrected chi connectivity index (χ0v) is 14.4. The number of carbonyl (C=O) groups excluding carboxylic acids is 2. The number of aryl methyl sites for hydroxylation is 2.